The smallest absolute Gasteiger partial charge is 0.281 e. The number of nitro benzene ring substituents is 1. The van der Waals surface area contributed by atoms with Crippen molar-refractivity contribution in [1.29, 1.82) is 0 Å². The number of nitrogens with one attached hydrogen (secondary N) is 2. The minimum Gasteiger partial charge on any atom is -0.476 e. The molecule has 12 heteroatoms. The van der Waals surface area contributed by atoms with E-state index < -0.39 is 28.9 Å². The van der Waals surface area contributed by atoms with Gasteiger partial charge in [0.2, 0.25) is 12.0 Å². The topological polar surface area (TPSA) is 117 Å². The number of carbonyl (C=O) groups excluding carboxylic acids is 2. The van der Waals surface area contributed by atoms with E-state index in [0.29, 0.717) is 10.8 Å². The second kappa shape index (κ2) is 11.0. The number of β-lactam (4-membered cyclic amide) rings is 1. The second-order valence-corrected chi connectivity index (χ2v) is 9.29. The highest BCUT2D eigenvalue weighted by atomic mass is 35.5. The molecule has 1 heterocycles. The first-order valence-corrected chi connectivity index (χ1v) is 11.9. The van der Waals surface area contributed by atoms with E-state index in [0.717, 1.165) is 11.3 Å². The lowest BCUT2D eigenvalue weighted by atomic mass is 9.92. The summed E-state index contributed by atoms with van der Waals surface area (Å²) < 4.78 is 5.96. The summed E-state index contributed by atoms with van der Waals surface area (Å²) >= 11 is 12.2. The Balaban J connectivity index is 1.49. The van der Waals surface area contributed by atoms with E-state index in [1.807, 2.05) is 43.3 Å². The van der Waals surface area contributed by atoms with Gasteiger partial charge in [-0.15, -0.1) is 0 Å². The quantitative estimate of drug-likeness (QED) is 0.232. The fourth-order valence-electron chi connectivity index (χ4n) is 3.81. The molecule has 3 aromatic carbocycles. The molecule has 0 radical (unpaired) electrons. The Labute approximate surface area is 222 Å². The molecule has 37 heavy (non-hydrogen) atoms. The molecule has 2 N–H and O–H groups in total. The van der Waals surface area contributed by atoms with Gasteiger partial charge in [0.1, 0.15) is 11.8 Å². The number of non-ortho nitro benzene ring substituents is 1. The zero-order valence-electron chi connectivity index (χ0n) is 19.9. The molecule has 0 spiro atoms. The van der Waals surface area contributed by atoms with E-state index in [4.69, 9.17) is 27.9 Å². The highest BCUT2D eigenvalue weighted by Gasteiger charge is 2.51. The van der Waals surface area contributed by atoms with Crippen molar-refractivity contribution in [3.8, 4) is 5.75 Å². The van der Waals surface area contributed by atoms with Crippen molar-refractivity contribution in [3.05, 3.63) is 92.5 Å². The Kier molecular flexibility index (Phi) is 7.82. The molecule has 0 aliphatic carbocycles. The molecule has 0 bridgehead atoms. The number of anilines is 2. The molecule has 192 valence electrons. The number of amides is 2. The van der Waals surface area contributed by atoms with Gasteiger partial charge in [-0.1, -0.05) is 41.4 Å². The van der Waals surface area contributed by atoms with Crippen LogP contribution in [0.3, 0.4) is 0 Å². The Bertz CT molecular complexity index is 1340. The van der Waals surface area contributed by atoms with Crippen molar-refractivity contribution in [2.45, 2.75) is 12.1 Å². The molecule has 1 aliphatic rings. The molecule has 0 aromatic heterocycles. The van der Waals surface area contributed by atoms with Crippen LogP contribution in [0.15, 0.2) is 66.7 Å². The molecular weight excluding hydrogens is 521 g/mol. The standard InChI is InChI=1S/C25H23Cl2N5O5/c1-30(2)18-9-6-15(7-10-18)23-24(37-21-11-8-16(26)12-20(21)27)25(34)31(23)28-14-22(33)29-17-4-3-5-19(13-17)32(35)36/h3-13,23-24,28H,14H2,1-2H3,(H,29,33). The molecule has 1 fully saturated rings. The van der Waals surface area contributed by atoms with E-state index in [1.54, 1.807) is 12.1 Å². The van der Waals surface area contributed by atoms with Gasteiger partial charge in [0.15, 0.2) is 0 Å². The number of nitrogens with zero attached hydrogens (tertiary/aromatic N) is 3. The predicted molar refractivity (Wildman–Crippen MR) is 141 cm³/mol. The largest absolute Gasteiger partial charge is 0.476 e. The van der Waals surface area contributed by atoms with Gasteiger partial charge < -0.3 is 15.0 Å². The molecule has 1 aliphatic heterocycles. The fourth-order valence-corrected chi connectivity index (χ4v) is 4.27. The van der Waals surface area contributed by atoms with Gasteiger partial charge in [-0.05, 0) is 42.0 Å². The highest BCUT2D eigenvalue weighted by molar-refractivity contribution is 6.35. The molecule has 0 saturated carbocycles. The minimum absolute atomic E-state index is 0.147. The lowest BCUT2D eigenvalue weighted by Crippen LogP contribution is -2.66. The third-order valence-electron chi connectivity index (χ3n) is 5.70. The number of hydrogen-bond donors (Lipinski definition) is 2. The number of nitro groups is 1. The van der Waals surface area contributed by atoms with Crippen molar-refractivity contribution in [2.24, 2.45) is 0 Å². The first-order valence-electron chi connectivity index (χ1n) is 11.1. The first-order chi connectivity index (χ1) is 17.6. The Hall–Kier alpha value is -3.86. The van der Waals surface area contributed by atoms with Crippen LogP contribution in [0.5, 0.6) is 5.75 Å². The maximum absolute atomic E-state index is 13.0. The number of halogens is 2. The van der Waals surface area contributed by atoms with Crippen LogP contribution in [0.2, 0.25) is 10.0 Å². The maximum Gasteiger partial charge on any atom is 0.281 e. The van der Waals surface area contributed by atoms with Gasteiger partial charge in [0, 0.05) is 42.6 Å². The number of hydrogen-bond acceptors (Lipinski definition) is 7. The zero-order valence-corrected chi connectivity index (χ0v) is 21.4. The summed E-state index contributed by atoms with van der Waals surface area (Å²) in [7, 11) is 3.84. The molecule has 2 unspecified atom stereocenters. The number of rotatable bonds is 9. The Morgan fingerprint density at radius 2 is 1.84 bits per heavy atom. The molecule has 2 atom stereocenters. The van der Waals surface area contributed by atoms with Crippen molar-refractivity contribution in [3.63, 3.8) is 0 Å². The average molecular weight is 544 g/mol. The van der Waals surface area contributed by atoms with Crippen LogP contribution >= 0.6 is 23.2 Å². The Morgan fingerprint density at radius 3 is 2.49 bits per heavy atom. The third kappa shape index (κ3) is 5.93. The lowest BCUT2D eigenvalue weighted by molar-refractivity contribution is -0.384. The van der Waals surface area contributed by atoms with Crippen LogP contribution in [0.25, 0.3) is 0 Å². The molecule has 3 aromatic rings. The van der Waals surface area contributed by atoms with Crippen LogP contribution < -0.4 is 20.4 Å². The van der Waals surface area contributed by atoms with E-state index >= 15 is 0 Å². The number of hydrazine groups is 1. The molecular formula is C25H23Cl2N5O5. The van der Waals surface area contributed by atoms with Crippen LogP contribution in [0.1, 0.15) is 11.6 Å². The number of benzene rings is 3. The lowest BCUT2D eigenvalue weighted by Gasteiger charge is -2.46. The summed E-state index contributed by atoms with van der Waals surface area (Å²) in [6, 6.07) is 17.3. The zero-order chi connectivity index (χ0) is 26.7. The summed E-state index contributed by atoms with van der Waals surface area (Å²) in [6.45, 7) is -0.255. The first kappa shape index (κ1) is 26.2. The van der Waals surface area contributed by atoms with E-state index in [1.165, 1.54) is 35.3 Å². The van der Waals surface area contributed by atoms with Gasteiger partial charge in [-0.2, -0.15) is 0 Å². The van der Waals surface area contributed by atoms with Crippen molar-refractivity contribution < 1.29 is 19.2 Å². The summed E-state index contributed by atoms with van der Waals surface area (Å²) in [5, 5.41) is 15.6. The number of carbonyl (C=O) groups is 2. The van der Waals surface area contributed by atoms with Gasteiger partial charge in [-0.3, -0.25) is 24.7 Å². The summed E-state index contributed by atoms with van der Waals surface area (Å²) in [6.07, 6.45) is -0.892. The maximum atomic E-state index is 13.0. The van der Waals surface area contributed by atoms with Crippen LogP contribution in [0, 0.1) is 10.1 Å². The summed E-state index contributed by atoms with van der Waals surface area (Å²) in [5.74, 6) is -0.571. The predicted octanol–water partition coefficient (Wildman–Crippen LogP) is 4.44. The van der Waals surface area contributed by atoms with Crippen molar-refractivity contribution in [1.82, 2.24) is 10.4 Å². The van der Waals surface area contributed by atoms with Crippen molar-refractivity contribution >= 4 is 52.1 Å². The van der Waals surface area contributed by atoms with E-state index in [9.17, 15) is 19.7 Å². The molecule has 2 amide bonds. The normalized spacial score (nSPS) is 16.6. The monoisotopic (exact) mass is 543 g/mol. The van der Waals surface area contributed by atoms with Crippen molar-refractivity contribution in [2.75, 3.05) is 30.9 Å². The van der Waals surface area contributed by atoms with E-state index in [2.05, 4.69) is 10.7 Å². The van der Waals surface area contributed by atoms with Gasteiger partial charge >= 0.3 is 0 Å². The SMILES string of the molecule is CN(C)c1ccc(C2C(Oc3ccc(Cl)cc3Cl)C(=O)N2NCC(=O)Nc2cccc([N+](=O)[O-])c2)cc1. The third-order valence-corrected chi connectivity index (χ3v) is 6.23. The van der Waals surface area contributed by atoms with Gasteiger partial charge in [-0.25, -0.2) is 5.43 Å². The van der Waals surface area contributed by atoms with Gasteiger partial charge in [0.05, 0.1) is 16.5 Å². The van der Waals surface area contributed by atoms with Crippen LogP contribution in [-0.2, 0) is 9.59 Å². The fraction of sp³-hybridized carbons (Fsp3) is 0.200. The molecule has 10 nitrogen and oxygen atoms in total. The van der Waals surface area contributed by atoms with Crippen LogP contribution in [-0.4, -0.2) is 48.5 Å². The second-order valence-electron chi connectivity index (χ2n) is 8.44. The van der Waals surface area contributed by atoms with Gasteiger partial charge in [0.25, 0.3) is 11.6 Å². The van der Waals surface area contributed by atoms with Crippen LogP contribution in [0.4, 0.5) is 17.1 Å². The molecule has 4 rings (SSSR count). The molecule has 1 saturated heterocycles. The Morgan fingerprint density at radius 1 is 1.11 bits per heavy atom. The average Bonchev–Trinajstić information content (AvgIpc) is 2.86. The summed E-state index contributed by atoms with van der Waals surface area (Å²) in [4.78, 5) is 37.9. The summed E-state index contributed by atoms with van der Waals surface area (Å²) in [5.41, 5.74) is 4.73. The van der Waals surface area contributed by atoms with E-state index in [-0.39, 0.29) is 22.9 Å². The highest BCUT2D eigenvalue weighted by Crippen LogP contribution is 2.39. The minimum atomic E-state index is -0.892. The number of ether oxygens (including phenoxy) is 1.